The van der Waals surface area contributed by atoms with Crippen molar-refractivity contribution < 1.29 is 23.9 Å². The van der Waals surface area contributed by atoms with Gasteiger partial charge >= 0.3 is 18.1 Å². The maximum absolute atomic E-state index is 12.1. The second-order valence-corrected chi connectivity index (χ2v) is 5.80. The number of carbonyl (C=O) groups excluding carboxylic acids is 3. The maximum atomic E-state index is 12.1. The number of esters is 1. The van der Waals surface area contributed by atoms with Crippen molar-refractivity contribution >= 4 is 35.5 Å². The number of hydrogen-bond donors (Lipinski definition) is 1. The van der Waals surface area contributed by atoms with E-state index in [9.17, 15) is 14.4 Å². The lowest BCUT2D eigenvalue weighted by Gasteiger charge is -2.12. The van der Waals surface area contributed by atoms with Crippen molar-refractivity contribution in [3.05, 3.63) is 59.2 Å². The summed E-state index contributed by atoms with van der Waals surface area (Å²) in [7, 11) is 0. The zero-order valence-corrected chi connectivity index (χ0v) is 14.2. The Bertz CT molecular complexity index is 813. The van der Waals surface area contributed by atoms with Crippen molar-refractivity contribution in [1.29, 1.82) is 0 Å². The van der Waals surface area contributed by atoms with Gasteiger partial charge in [0, 0.05) is 6.20 Å². The van der Waals surface area contributed by atoms with Crippen LogP contribution < -0.4 is 5.32 Å². The fourth-order valence-electron chi connectivity index (χ4n) is 2.20. The molecule has 1 atom stereocenters. The van der Waals surface area contributed by atoms with Crippen LogP contribution in [0.2, 0.25) is 5.02 Å². The van der Waals surface area contributed by atoms with E-state index in [4.69, 9.17) is 21.1 Å². The van der Waals surface area contributed by atoms with Crippen LogP contribution in [0.1, 0.15) is 5.56 Å². The van der Waals surface area contributed by atoms with Gasteiger partial charge in [0.2, 0.25) is 6.10 Å². The molecule has 0 radical (unpaired) electrons. The number of benzene rings is 1. The van der Waals surface area contributed by atoms with Crippen LogP contribution in [0.25, 0.3) is 0 Å². The van der Waals surface area contributed by atoms with Crippen LogP contribution >= 0.6 is 11.6 Å². The summed E-state index contributed by atoms with van der Waals surface area (Å²) >= 11 is 5.72. The van der Waals surface area contributed by atoms with Crippen molar-refractivity contribution in [2.75, 3.05) is 11.9 Å². The number of pyridine rings is 1. The minimum absolute atomic E-state index is 0.0502. The molecule has 1 saturated heterocycles. The molecule has 2 heterocycles. The Morgan fingerprint density at radius 2 is 2.04 bits per heavy atom. The van der Waals surface area contributed by atoms with E-state index in [1.54, 1.807) is 12.1 Å². The van der Waals surface area contributed by atoms with E-state index in [-0.39, 0.29) is 19.0 Å². The van der Waals surface area contributed by atoms with Gasteiger partial charge in [-0.15, -0.1) is 0 Å². The van der Waals surface area contributed by atoms with Gasteiger partial charge in [0.1, 0.15) is 12.4 Å². The zero-order chi connectivity index (χ0) is 18.5. The van der Waals surface area contributed by atoms with Crippen LogP contribution in [-0.4, -0.2) is 40.6 Å². The molecule has 0 bridgehead atoms. The Kier molecular flexibility index (Phi) is 5.33. The number of anilines is 1. The van der Waals surface area contributed by atoms with Crippen LogP contribution in [0.4, 0.5) is 15.4 Å². The maximum Gasteiger partial charge on any atom is 0.419 e. The van der Waals surface area contributed by atoms with E-state index >= 15 is 0 Å². The normalized spacial score (nSPS) is 16.1. The van der Waals surface area contributed by atoms with Gasteiger partial charge in [-0.05, 0) is 17.7 Å². The van der Waals surface area contributed by atoms with Crippen LogP contribution in [-0.2, 0) is 20.9 Å². The monoisotopic (exact) mass is 375 g/mol. The third kappa shape index (κ3) is 4.28. The average molecular weight is 376 g/mol. The van der Waals surface area contributed by atoms with Gasteiger partial charge in [-0.2, -0.15) is 0 Å². The molecule has 0 saturated carbocycles. The van der Waals surface area contributed by atoms with Crippen molar-refractivity contribution in [1.82, 2.24) is 9.88 Å². The predicted octanol–water partition coefficient (Wildman–Crippen LogP) is 2.83. The molecule has 1 aliphatic heterocycles. The molecule has 0 aliphatic carbocycles. The Balaban J connectivity index is 1.54. The van der Waals surface area contributed by atoms with E-state index in [2.05, 4.69) is 10.3 Å². The molecule has 2 aromatic rings. The summed E-state index contributed by atoms with van der Waals surface area (Å²) in [6.45, 7) is -0.194. The summed E-state index contributed by atoms with van der Waals surface area (Å²) in [6.07, 6.45) is -0.753. The molecular weight excluding hydrogens is 362 g/mol. The smallest absolute Gasteiger partial charge is 0.419 e. The molecule has 1 aromatic carbocycles. The standard InChI is InChI=1S/C17H14ClN3O5/c18-12-6-7-14(19-8-12)20-16(23)21-9-13(26-17(21)24)15(22)25-10-11-4-2-1-3-5-11/h1-8,13H,9-10H2,(H,19,20,23). The second kappa shape index (κ2) is 7.83. The lowest BCUT2D eigenvalue weighted by Crippen LogP contribution is -2.37. The zero-order valence-electron chi connectivity index (χ0n) is 13.4. The first-order chi connectivity index (χ1) is 12.5. The molecule has 9 heteroatoms. The first-order valence-corrected chi connectivity index (χ1v) is 8.02. The van der Waals surface area contributed by atoms with Crippen LogP contribution in [0.3, 0.4) is 0 Å². The molecule has 1 N–H and O–H groups in total. The number of hydrogen-bond acceptors (Lipinski definition) is 6. The molecular formula is C17H14ClN3O5. The van der Waals surface area contributed by atoms with Gasteiger partial charge in [0.05, 0.1) is 11.6 Å². The summed E-state index contributed by atoms with van der Waals surface area (Å²) < 4.78 is 10.0. The summed E-state index contributed by atoms with van der Waals surface area (Å²) in [5.74, 6) is -0.510. The van der Waals surface area contributed by atoms with Crippen molar-refractivity contribution in [2.24, 2.45) is 0 Å². The van der Waals surface area contributed by atoms with Gasteiger partial charge < -0.3 is 9.47 Å². The number of carbonyl (C=O) groups is 3. The highest BCUT2D eigenvalue weighted by Crippen LogP contribution is 2.16. The summed E-state index contributed by atoms with van der Waals surface area (Å²) in [6, 6.07) is 11.3. The highest BCUT2D eigenvalue weighted by Gasteiger charge is 2.40. The SMILES string of the molecule is O=C(OCc1ccccc1)C1CN(C(=O)Nc2ccc(Cl)cn2)C(=O)O1. The van der Waals surface area contributed by atoms with E-state index in [0.717, 1.165) is 10.5 Å². The van der Waals surface area contributed by atoms with E-state index in [1.807, 2.05) is 18.2 Å². The molecule has 1 aliphatic rings. The Morgan fingerprint density at radius 3 is 2.73 bits per heavy atom. The summed E-state index contributed by atoms with van der Waals surface area (Å²) in [5.41, 5.74) is 0.800. The number of imide groups is 1. The number of urea groups is 1. The third-order valence-corrected chi connectivity index (χ3v) is 3.73. The number of rotatable bonds is 4. The van der Waals surface area contributed by atoms with E-state index in [0.29, 0.717) is 5.02 Å². The van der Waals surface area contributed by atoms with Crippen LogP contribution in [0, 0.1) is 0 Å². The van der Waals surface area contributed by atoms with Gasteiger partial charge in [-0.25, -0.2) is 24.3 Å². The minimum Gasteiger partial charge on any atom is -0.458 e. The Labute approximate surface area is 153 Å². The molecule has 0 spiro atoms. The molecule has 8 nitrogen and oxygen atoms in total. The highest BCUT2D eigenvalue weighted by molar-refractivity contribution is 6.30. The fourth-order valence-corrected chi connectivity index (χ4v) is 2.31. The number of nitrogens with zero attached hydrogens (tertiary/aromatic N) is 2. The third-order valence-electron chi connectivity index (χ3n) is 3.51. The van der Waals surface area contributed by atoms with Gasteiger partial charge in [0.15, 0.2) is 0 Å². The van der Waals surface area contributed by atoms with Gasteiger partial charge in [0.25, 0.3) is 0 Å². The number of ether oxygens (including phenoxy) is 2. The summed E-state index contributed by atoms with van der Waals surface area (Å²) in [4.78, 5) is 40.7. The second-order valence-electron chi connectivity index (χ2n) is 5.37. The fraction of sp³-hybridized carbons (Fsp3) is 0.176. The van der Waals surface area contributed by atoms with Crippen molar-refractivity contribution in [2.45, 2.75) is 12.7 Å². The average Bonchev–Trinajstić information content (AvgIpc) is 3.04. The molecule has 3 rings (SSSR count). The molecule has 1 fully saturated rings. The Hall–Kier alpha value is -3.13. The first-order valence-electron chi connectivity index (χ1n) is 7.64. The quantitative estimate of drug-likeness (QED) is 0.825. The summed E-state index contributed by atoms with van der Waals surface area (Å²) in [5, 5.41) is 2.83. The first kappa shape index (κ1) is 17.7. The predicted molar refractivity (Wildman–Crippen MR) is 91.5 cm³/mol. The number of halogens is 1. The van der Waals surface area contributed by atoms with Crippen LogP contribution in [0.5, 0.6) is 0 Å². The minimum atomic E-state index is -1.17. The Morgan fingerprint density at radius 1 is 1.27 bits per heavy atom. The number of aromatic nitrogens is 1. The number of amides is 3. The largest absolute Gasteiger partial charge is 0.458 e. The van der Waals surface area contributed by atoms with Crippen LogP contribution in [0.15, 0.2) is 48.7 Å². The topological polar surface area (TPSA) is 97.8 Å². The molecule has 134 valence electrons. The van der Waals surface area contributed by atoms with Gasteiger partial charge in [-0.1, -0.05) is 41.9 Å². The molecule has 1 aromatic heterocycles. The lowest BCUT2D eigenvalue weighted by atomic mass is 10.2. The van der Waals surface area contributed by atoms with E-state index in [1.165, 1.54) is 18.3 Å². The highest BCUT2D eigenvalue weighted by atomic mass is 35.5. The van der Waals surface area contributed by atoms with Crippen molar-refractivity contribution in [3.63, 3.8) is 0 Å². The number of cyclic esters (lactones) is 1. The molecule has 1 unspecified atom stereocenters. The van der Waals surface area contributed by atoms with Crippen molar-refractivity contribution in [3.8, 4) is 0 Å². The number of nitrogens with one attached hydrogen (secondary N) is 1. The molecule has 26 heavy (non-hydrogen) atoms. The molecule has 3 amide bonds. The van der Waals surface area contributed by atoms with Gasteiger partial charge in [-0.3, -0.25) is 5.32 Å². The van der Waals surface area contributed by atoms with E-state index < -0.39 is 24.2 Å². The lowest BCUT2D eigenvalue weighted by molar-refractivity contribution is -0.153.